The molecule has 1 N–H and O–H groups in total. The van der Waals surface area contributed by atoms with E-state index < -0.39 is 0 Å². The molecule has 1 heterocycles. The zero-order valence-corrected chi connectivity index (χ0v) is 11.6. The fraction of sp³-hybridized carbons (Fsp3) is 1.00. The van der Waals surface area contributed by atoms with Gasteiger partial charge in [-0.15, -0.1) is 0 Å². The Bertz CT molecular complexity index is 184. The van der Waals surface area contributed by atoms with Crippen LogP contribution in [-0.2, 0) is 9.47 Å². The molecule has 0 saturated carbocycles. The molecule has 1 rings (SSSR count). The number of morpholine rings is 1. The van der Waals surface area contributed by atoms with Crippen LogP contribution in [-0.4, -0.2) is 63.5 Å². The Kier molecular flexibility index (Phi) is 7.77. The summed E-state index contributed by atoms with van der Waals surface area (Å²) in [4.78, 5) is 2.47. The molecule has 0 spiro atoms. The molecule has 0 radical (unpaired) electrons. The predicted molar refractivity (Wildman–Crippen MR) is 70.4 cm³/mol. The van der Waals surface area contributed by atoms with Crippen molar-refractivity contribution in [1.82, 2.24) is 10.2 Å². The van der Waals surface area contributed by atoms with Crippen molar-refractivity contribution in [2.75, 3.05) is 46.5 Å². The lowest BCUT2D eigenvalue weighted by molar-refractivity contribution is 0.0343. The summed E-state index contributed by atoms with van der Waals surface area (Å²) in [6.45, 7) is 10.5. The van der Waals surface area contributed by atoms with Crippen LogP contribution in [0.1, 0.15) is 26.7 Å². The molecule has 0 aromatic rings. The first kappa shape index (κ1) is 14.9. The van der Waals surface area contributed by atoms with Crippen LogP contribution >= 0.6 is 0 Å². The van der Waals surface area contributed by atoms with E-state index in [0.717, 1.165) is 45.8 Å². The highest BCUT2D eigenvalue weighted by atomic mass is 16.5. The second kappa shape index (κ2) is 8.86. The summed E-state index contributed by atoms with van der Waals surface area (Å²) in [5.41, 5.74) is 0. The molecule has 1 saturated heterocycles. The maximum absolute atomic E-state index is 5.34. The minimum absolute atomic E-state index is 0.381. The monoisotopic (exact) mass is 244 g/mol. The standard InChI is InChI=1S/C13H28N2O2/c1-12(11-15-7-9-17-10-8-15)14-6-4-5-13(2)16-3/h12-14H,4-11H2,1-3H3. The average Bonchev–Trinajstić information content (AvgIpc) is 2.35. The highest BCUT2D eigenvalue weighted by Gasteiger charge is 2.12. The molecule has 4 heteroatoms. The van der Waals surface area contributed by atoms with Gasteiger partial charge in [-0.05, 0) is 33.2 Å². The van der Waals surface area contributed by atoms with Gasteiger partial charge in [-0.3, -0.25) is 4.90 Å². The van der Waals surface area contributed by atoms with Crippen molar-refractivity contribution >= 4 is 0 Å². The lowest BCUT2D eigenvalue weighted by atomic mass is 10.2. The van der Waals surface area contributed by atoms with Crippen LogP contribution in [0.4, 0.5) is 0 Å². The van der Waals surface area contributed by atoms with E-state index in [4.69, 9.17) is 9.47 Å². The van der Waals surface area contributed by atoms with Crippen LogP contribution in [0.2, 0.25) is 0 Å². The van der Waals surface area contributed by atoms with Crippen molar-refractivity contribution in [3.8, 4) is 0 Å². The quantitative estimate of drug-likeness (QED) is 0.649. The van der Waals surface area contributed by atoms with Crippen molar-refractivity contribution in [3.63, 3.8) is 0 Å². The highest BCUT2D eigenvalue weighted by molar-refractivity contribution is 4.70. The molecule has 0 aliphatic carbocycles. The molecule has 1 aliphatic heterocycles. The van der Waals surface area contributed by atoms with Gasteiger partial charge in [0, 0.05) is 32.8 Å². The molecule has 1 fully saturated rings. The van der Waals surface area contributed by atoms with Gasteiger partial charge in [-0.1, -0.05) is 0 Å². The number of nitrogens with one attached hydrogen (secondary N) is 1. The molecule has 17 heavy (non-hydrogen) atoms. The third-order valence-corrected chi connectivity index (χ3v) is 3.32. The summed E-state index contributed by atoms with van der Waals surface area (Å²) in [7, 11) is 1.78. The summed E-state index contributed by atoms with van der Waals surface area (Å²) >= 11 is 0. The Morgan fingerprint density at radius 3 is 2.65 bits per heavy atom. The van der Waals surface area contributed by atoms with Gasteiger partial charge in [-0.25, -0.2) is 0 Å². The second-order valence-corrected chi connectivity index (χ2v) is 4.96. The van der Waals surface area contributed by atoms with Gasteiger partial charge in [0.15, 0.2) is 0 Å². The van der Waals surface area contributed by atoms with E-state index in [1.807, 2.05) is 0 Å². The molecular formula is C13H28N2O2. The minimum Gasteiger partial charge on any atom is -0.382 e. The third kappa shape index (κ3) is 6.99. The van der Waals surface area contributed by atoms with Crippen molar-refractivity contribution in [2.45, 2.75) is 38.8 Å². The first-order chi connectivity index (χ1) is 8.22. The van der Waals surface area contributed by atoms with Gasteiger partial charge in [0.05, 0.1) is 19.3 Å². The Morgan fingerprint density at radius 2 is 2.00 bits per heavy atom. The summed E-state index contributed by atoms with van der Waals surface area (Å²) in [6.07, 6.45) is 2.70. The first-order valence-electron chi connectivity index (χ1n) is 6.78. The highest BCUT2D eigenvalue weighted by Crippen LogP contribution is 2.01. The van der Waals surface area contributed by atoms with Crippen LogP contribution in [0.5, 0.6) is 0 Å². The van der Waals surface area contributed by atoms with Gasteiger partial charge in [0.25, 0.3) is 0 Å². The van der Waals surface area contributed by atoms with Crippen LogP contribution in [0.15, 0.2) is 0 Å². The topological polar surface area (TPSA) is 33.7 Å². The van der Waals surface area contributed by atoms with Crippen LogP contribution in [0.3, 0.4) is 0 Å². The van der Waals surface area contributed by atoms with E-state index in [2.05, 4.69) is 24.1 Å². The Balaban J connectivity index is 1.98. The molecule has 4 nitrogen and oxygen atoms in total. The van der Waals surface area contributed by atoms with E-state index in [9.17, 15) is 0 Å². The number of methoxy groups -OCH3 is 1. The van der Waals surface area contributed by atoms with Crippen molar-refractivity contribution in [1.29, 1.82) is 0 Å². The number of rotatable bonds is 8. The van der Waals surface area contributed by atoms with Crippen molar-refractivity contribution in [2.24, 2.45) is 0 Å². The Labute approximate surface area is 106 Å². The molecule has 2 unspecified atom stereocenters. The van der Waals surface area contributed by atoms with Gasteiger partial charge < -0.3 is 14.8 Å². The van der Waals surface area contributed by atoms with Crippen LogP contribution in [0, 0.1) is 0 Å². The van der Waals surface area contributed by atoms with E-state index in [1.54, 1.807) is 7.11 Å². The molecular weight excluding hydrogens is 216 g/mol. The molecule has 1 aliphatic rings. The fourth-order valence-electron chi connectivity index (χ4n) is 2.09. The van der Waals surface area contributed by atoms with Gasteiger partial charge >= 0.3 is 0 Å². The smallest absolute Gasteiger partial charge is 0.0594 e. The number of hydrogen-bond acceptors (Lipinski definition) is 4. The van der Waals surface area contributed by atoms with Gasteiger partial charge in [0.1, 0.15) is 0 Å². The van der Waals surface area contributed by atoms with E-state index in [-0.39, 0.29) is 0 Å². The lowest BCUT2D eigenvalue weighted by Crippen LogP contribution is -2.44. The molecule has 0 aromatic carbocycles. The van der Waals surface area contributed by atoms with Crippen LogP contribution < -0.4 is 5.32 Å². The summed E-state index contributed by atoms with van der Waals surface area (Å²) in [6, 6.07) is 0.561. The molecule has 102 valence electrons. The average molecular weight is 244 g/mol. The van der Waals surface area contributed by atoms with E-state index in [1.165, 1.54) is 6.42 Å². The lowest BCUT2D eigenvalue weighted by Gasteiger charge is -2.29. The summed E-state index contributed by atoms with van der Waals surface area (Å²) in [5.74, 6) is 0. The van der Waals surface area contributed by atoms with Gasteiger partial charge in [-0.2, -0.15) is 0 Å². The molecule has 0 amide bonds. The normalized spacial score (nSPS) is 21.4. The minimum atomic E-state index is 0.381. The van der Waals surface area contributed by atoms with E-state index in [0.29, 0.717) is 12.1 Å². The van der Waals surface area contributed by atoms with Crippen molar-refractivity contribution < 1.29 is 9.47 Å². The Morgan fingerprint density at radius 1 is 1.29 bits per heavy atom. The Hall–Kier alpha value is -0.160. The molecule has 2 atom stereocenters. The third-order valence-electron chi connectivity index (χ3n) is 3.32. The first-order valence-corrected chi connectivity index (χ1v) is 6.78. The SMILES string of the molecule is COC(C)CCCNC(C)CN1CCOCC1. The summed E-state index contributed by atoms with van der Waals surface area (Å²) < 4.78 is 10.6. The zero-order valence-electron chi connectivity index (χ0n) is 11.6. The summed E-state index contributed by atoms with van der Waals surface area (Å²) in [5, 5.41) is 3.57. The largest absolute Gasteiger partial charge is 0.382 e. The number of hydrogen-bond donors (Lipinski definition) is 1. The molecule has 0 bridgehead atoms. The molecule has 0 aromatic heterocycles. The van der Waals surface area contributed by atoms with Gasteiger partial charge in [0.2, 0.25) is 0 Å². The van der Waals surface area contributed by atoms with Crippen LogP contribution in [0.25, 0.3) is 0 Å². The maximum atomic E-state index is 5.34. The van der Waals surface area contributed by atoms with E-state index >= 15 is 0 Å². The second-order valence-electron chi connectivity index (χ2n) is 4.96. The number of nitrogens with zero attached hydrogens (tertiary/aromatic N) is 1. The maximum Gasteiger partial charge on any atom is 0.0594 e. The zero-order chi connectivity index (χ0) is 12.5. The predicted octanol–water partition coefficient (Wildman–Crippen LogP) is 1.11. The van der Waals surface area contributed by atoms with Crippen molar-refractivity contribution in [3.05, 3.63) is 0 Å². The number of ether oxygens (including phenoxy) is 2. The fourth-order valence-corrected chi connectivity index (χ4v) is 2.09.